The molecule has 0 aromatic heterocycles. The maximum absolute atomic E-state index is 12.3. The van der Waals surface area contributed by atoms with Gasteiger partial charge in [-0.05, 0) is 45.2 Å². The van der Waals surface area contributed by atoms with Crippen molar-refractivity contribution in [2.75, 3.05) is 5.75 Å². The van der Waals surface area contributed by atoms with Crippen molar-refractivity contribution < 1.29 is 17.9 Å². The molecule has 0 aliphatic rings. The zero-order valence-electron chi connectivity index (χ0n) is 14.5. The largest absolute Gasteiger partial charge is 0.444 e. The summed E-state index contributed by atoms with van der Waals surface area (Å²) < 4.78 is 29.9. The lowest BCUT2D eigenvalue weighted by atomic mass is 10.0. The first kappa shape index (κ1) is 19.5. The van der Waals surface area contributed by atoms with Crippen molar-refractivity contribution in [1.82, 2.24) is 5.32 Å². The van der Waals surface area contributed by atoms with Crippen LogP contribution in [0.1, 0.15) is 41.0 Å². The molecular formula is C17H27NO4S. The fraction of sp³-hybridized carbons (Fsp3) is 0.588. The zero-order chi connectivity index (χ0) is 17.7. The molecule has 0 saturated heterocycles. The fourth-order valence-corrected chi connectivity index (χ4v) is 3.43. The van der Waals surface area contributed by atoms with Gasteiger partial charge in [-0.25, -0.2) is 13.2 Å². The van der Waals surface area contributed by atoms with Gasteiger partial charge in [0.2, 0.25) is 0 Å². The van der Waals surface area contributed by atoms with E-state index in [1.807, 2.05) is 13.8 Å². The molecule has 0 radical (unpaired) electrons. The number of hydrogen-bond donors (Lipinski definition) is 1. The van der Waals surface area contributed by atoms with Crippen LogP contribution in [-0.4, -0.2) is 31.9 Å². The molecule has 1 unspecified atom stereocenters. The minimum atomic E-state index is -3.35. The first-order valence-electron chi connectivity index (χ1n) is 7.78. The number of rotatable bonds is 6. The maximum atomic E-state index is 12.3. The molecule has 0 heterocycles. The topological polar surface area (TPSA) is 72.5 Å². The van der Waals surface area contributed by atoms with Gasteiger partial charge in [0.05, 0.1) is 10.6 Å². The Hall–Kier alpha value is -1.56. The van der Waals surface area contributed by atoms with Crippen LogP contribution in [0.15, 0.2) is 35.2 Å². The lowest BCUT2D eigenvalue weighted by Gasteiger charge is -2.25. The third-order valence-electron chi connectivity index (χ3n) is 3.31. The standard InChI is InChI=1S/C17H27NO4S/c1-13(2)15(18-16(19)22-17(3,4)5)11-12-23(20,21)14-9-7-6-8-10-14/h6-10,13,15H,11-12H2,1-5H3,(H,18,19). The van der Waals surface area contributed by atoms with Gasteiger partial charge in [-0.1, -0.05) is 32.0 Å². The van der Waals surface area contributed by atoms with Gasteiger partial charge in [0.1, 0.15) is 5.60 Å². The molecule has 0 aliphatic heterocycles. The molecule has 5 nitrogen and oxygen atoms in total. The normalized spacial score (nSPS) is 13.7. The fourth-order valence-electron chi connectivity index (χ4n) is 2.06. The van der Waals surface area contributed by atoms with E-state index in [0.29, 0.717) is 11.3 Å². The summed E-state index contributed by atoms with van der Waals surface area (Å²) in [5, 5.41) is 2.77. The number of carbonyl (C=O) groups is 1. The molecule has 0 fully saturated rings. The third kappa shape index (κ3) is 7.03. The Morgan fingerprint density at radius 1 is 1.17 bits per heavy atom. The second kappa shape index (κ2) is 7.81. The van der Waals surface area contributed by atoms with E-state index in [4.69, 9.17) is 4.74 Å². The summed E-state index contributed by atoms with van der Waals surface area (Å²) in [6, 6.07) is 8.09. The summed E-state index contributed by atoms with van der Waals surface area (Å²) in [4.78, 5) is 12.2. The van der Waals surface area contributed by atoms with Crippen molar-refractivity contribution >= 4 is 15.9 Å². The Labute approximate surface area is 139 Å². The Kier molecular flexibility index (Phi) is 6.62. The predicted molar refractivity (Wildman–Crippen MR) is 91.1 cm³/mol. The van der Waals surface area contributed by atoms with E-state index in [-0.39, 0.29) is 17.7 Å². The van der Waals surface area contributed by atoms with E-state index in [0.717, 1.165) is 0 Å². The Bertz CT molecular complexity index is 603. The van der Waals surface area contributed by atoms with E-state index in [1.54, 1.807) is 51.1 Å². The number of amides is 1. The number of nitrogens with one attached hydrogen (secondary N) is 1. The quantitative estimate of drug-likeness (QED) is 0.861. The molecule has 1 atom stereocenters. The molecule has 1 amide bonds. The SMILES string of the molecule is CC(C)C(CCS(=O)(=O)c1ccccc1)NC(=O)OC(C)(C)C. The van der Waals surface area contributed by atoms with Crippen LogP contribution in [0, 0.1) is 5.92 Å². The van der Waals surface area contributed by atoms with Gasteiger partial charge >= 0.3 is 6.09 Å². The summed E-state index contributed by atoms with van der Waals surface area (Å²) in [7, 11) is -3.35. The minimum absolute atomic E-state index is 0.0182. The maximum Gasteiger partial charge on any atom is 0.407 e. The van der Waals surface area contributed by atoms with E-state index in [9.17, 15) is 13.2 Å². The van der Waals surface area contributed by atoms with Crippen LogP contribution in [0.5, 0.6) is 0 Å². The van der Waals surface area contributed by atoms with Crippen LogP contribution in [-0.2, 0) is 14.6 Å². The zero-order valence-corrected chi connectivity index (χ0v) is 15.3. The highest BCUT2D eigenvalue weighted by atomic mass is 32.2. The van der Waals surface area contributed by atoms with E-state index in [1.165, 1.54) is 0 Å². The molecule has 0 saturated carbocycles. The number of alkyl carbamates (subject to hydrolysis) is 1. The monoisotopic (exact) mass is 341 g/mol. The van der Waals surface area contributed by atoms with Crippen LogP contribution in [0.2, 0.25) is 0 Å². The highest BCUT2D eigenvalue weighted by Crippen LogP contribution is 2.15. The highest BCUT2D eigenvalue weighted by Gasteiger charge is 2.24. The molecular weight excluding hydrogens is 314 g/mol. The van der Waals surface area contributed by atoms with E-state index < -0.39 is 21.5 Å². The van der Waals surface area contributed by atoms with Gasteiger partial charge in [0, 0.05) is 6.04 Å². The number of ether oxygens (including phenoxy) is 1. The summed E-state index contributed by atoms with van der Waals surface area (Å²) >= 11 is 0. The summed E-state index contributed by atoms with van der Waals surface area (Å²) in [6.45, 7) is 9.25. The third-order valence-corrected chi connectivity index (χ3v) is 5.07. The molecule has 1 N–H and O–H groups in total. The lowest BCUT2D eigenvalue weighted by molar-refractivity contribution is 0.0489. The Morgan fingerprint density at radius 3 is 2.22 bits per heavy atom. The molecule has 0 bridgehead atoms. The number of hydrogen-bond acceptors (Lipinski definition) is 4. The van der Waals surface area contributed by atoms with E-state index >= 15 is 0 Å². The average molecular weight is 341 g/mol. The molecule has 1 aromatic carbocycles. The predicted octanol–water partition coefficient (Wildman–Crippen LogP) is 3.40. The summed E-state index contributed by atoms with van der Waals surface area (Å²) in [5.74, 6) is 0.0869. The molecule has 0 spiro atoms. The van der Waals surface area contributed by atoms with Crippen LogP contribution < -0.4 is 5.32 Å². The summed E-state index contributed by atoms with van der Waals surface area (Å²) in [5.41, 5.74) is -0.582. The van der Waals surface area contributed by atoms with Crippen LogP contribution in [0.4, 0.5) is 4.79 Å². The average Bonchev–Trinajstić information content (AvgIpc) is 2.42. The van der Waals surface area contributed by atoms with Crippen molar-refractivity contribution in [3.05, 3.63) is 30.3 Å². The Balaban J connectivity index is 2.69. The first-order valence-corrected chi connectivity index (χ1v) is 9.44. The van der Waals surface area contributed by atoms with Crippen molar-refractivity contribution in [1.29, 1.82) is 0 Å². The van der Waals surface area contributed by atoms with Gasteiger partial charge < -0.3 is 10.1 Å². The minimum Gasteiger partial charge on any atom is -0.444 e. The molecule has 23 heavy (non-hydrogen) atoms. The van der Waals surface area contributed by atoms with Crippen LogP contribution in [0.25, 0.3) is 0 Å². The van der Waals surface area contributed by atoms with Gasteiger partial charge in [0.15, 0.2) is 9.84 Å². The Morgan fingerprint density at radius 2 is 1.74 bits per heavy atom. The molecule has 0 aliphatic carbocycles. The van der Waals surface area contributed by atoms with Crippen molar-refractivity contribution in [2.24, 2.45) is 5.92 Å². The number of sulfone groups is 1. The highest BCUT2D eigenvalue weighted by molar-refractivity contribution is 7.91. The van der Waals surface area contributed by atoms with Gasteiger partial charge in [0.25, 0.3) is 0 Å². The molecule has 1 rings (SSSR count). The lowest BCUT2D eigenvalue weighted by Crippen LogP contribution is -2.42. The van der Waals surface area contributed by atoms with Gasteiger partial charge in [-0.2, -0.15) is 0 Å². The second-order valence-corrected chi connectivity index (χ2v) is 9.03. The van der Waals surface area contributed by atoms with Crippen molar-refractivity contribution in [3.63, 3.8) is 0 Å². The van der Waals surface area contributed by atoms with Gasteiger partial charge in [-0.3, -0.25) is 0 Å². The molecule has 6 heteroatoms. The van der Waals surface area contributed by atoms with Gasteiger partial charge in [-0.15, -0.1) is 0 Å². The van der Waals surface area contributed by atoms with Crippen molar-refractivity contribution in [3.8, 4) is 0 Å². The smallest absolute Gasteiger partial charge is 0.407 e. The molecule has 130 valence electrons. The second-order valence-electron chi connectivity index (χ2n) is 6.92. The van der Waals surface area contributed by atoms with Crippen LogP contribution in [0.3, 0.4) is 0 Å². The number of benzene rings is 1. The molecule has 1 aromatic rings. The summed E-state index contributed by atoms with van der Waals surface area (Å²) in [6.07, 6.45) is -0.179. The van der Waals surface area contributed by atoms with E-state index in [2.05, 4.69) is 5.32 Å². The van der Waals surface area contributed by atoms with Crippen LogP contribution >= 0.6 is 0 Å². The number of carbonyl (C=O) groups excluding carboxylic acids is 1. The van der Waals surface area contributed by atoms with Crippen molar-refractivity contribution in [2.45, 2.75) is 57.6 Å². The first-order chi connectivity index (χ1) is 10.5.